The van der Waals surface area contributed by atoms with Crippen molar-refractivity contribution in [3.63, 3.8) is 0 Å². The Kier molecular flexibility index (Phi) is 7.51. The lowest BCUT2D eigenvalue weighted by atomic mass is 9.95. The third-order valence-electron chi connectivity index (χ3n) is 5.90. The van der Waals surface area contributed by atoms with Crippen LogP contribution in [0.3, 0.4) is 0 Å². The molecule has 0 fully saturated rings. The van der Waals surface area contributed by atoms with E-state index in [1.165, 1.54) is 0 Å². The molecule has 0 saturated heterocycles. The van der Waals surface area contributed by atoms with Crippen molar-refractivity contribution >= 4 is 11.9 Å². The highest BCUT2D eigenvalue weighted by Crippen LogP contribution is 2.46. The van der Waals surface area contributed by atoms with Crippen molar-refractivity contribution in [1.29, 1.82) is 0 Å². The zero-order valence-corrected chi connectivity index (χ0v) is 20.2. The van der Waals surface area contributed by atoms with E-state index in [-0.39, 0.29) is 24.4 Å². The van der Waals surface area contributed by atoms with Gasteiger partial charge in [-0.05, 0) is 56.0 Å². The molecule has 178 valence electrons. The largest absolute Gasteiger partial charge is 0.493 e. The number of benzene rings is 2. The number of rotatable bonds is 10. The number of ether oxygens (including phenoxy) is 4. The van der Waals surface area contributed by atoms with E-state index in [1.54, 1.807) is 14.2 Å². The second kappa shape index (κ2) is 10.1. The van der Waals surface area contributed by atoms with Crippen molar-refractivity contribution in [2.24, 2.45) is 5.92 Å². The average Bonchev–Trinajstić information content (AvgIpc) is 3.18. The second-order valence-corrected chi connectivity index (χ2v) is 8.68. The monoisotopic (exact) mass is 455 g/mol. The normalized spacial score (nSPS) is 12.9. The number of fused-ring (bicyclic) bond motifs is 1. The molecule has 1 N–H and O–H groups in total. The first-order valence-electron chi connectivity index (χ1n) is 11.3. The minimum Gasteiger partial charge on any atom is -0.493 e. The molecule has 3 rings (SSSR count). The first-order valence-corrected chi connectivity index (χ1v) is 11.3. The number of esters is 1. The number of hydrogen-bond acceptors (Lipinski definition) is 6. The summed E-state index contributed by atoms with van der Waals surface area (Å²) in [4.78, 5) is 24.7. The predicted molar refractivity (Wildman–Crippen MR) is 126 cm³/mol. The number of carbonyl (C=O) groups is 2. The van der Waals surface area contributed by atoms with Crippen LogP contribution in [-0.2, 0) is 16.1 Å². The fourth-order valence-corrected chi connectivity index (χ4v) is 4.01. The Hall–Kier alpha value is -3.22. The molecule has 0 saturated carbocycles. The maximum absolute atomic E-state index is 12.5. The van der Waals surface area contributed by atoms with E-state index in [0.29, 0.717) is 29.4 Å². The van der Waals surface area contributed by atoms with Crippen molar-refractivity contribution < 1.29 is 28.5 Å². The molecular formula is C26H33NO6. The molecule has 1 amide bonds. The summed E-state index contributed by atoms with van der Waals surface area (Å²) in [5.74, 6) is 0.970. The van der Waals surface area contributed by atoms with Gasteiger partial charge in [-0.1, -0.05) is 26.0 Å². The zero-order valence-electron chi connectivity index (χ0n) is 20.2. The molecule has 0 bridgehead atoms. The van der Waals surface area contributed by atoms with Crippen molar-refractivity contribution in [1.82, 2.24) is 5.32 Å². The summed E-state index contributed by atoms with van der Waals surface area (Å²) in [5.41, 5.74) is 2.32. The van der Waals surface area contributed by atoms with Gasteiger partial charge in [-0.25, -0.2) is 0 Å². The Morgan fingerprint density at radius 1 is 1.00 bits per heavy atom. The number of nitrogens with one attached hydrogen (secondary N) is 1. The molecule has 0 radical (unpaired) electrons. The van der Waals surface area contributed by atoms with Crippen LogP contribution in [0.5, 0.6) is 17.2 Å². The Morgan fingerprint density at radius 3 is 2.33 bits per heavy atom. The molecule has 2 aromatic rings. The van der Waals surface area contributed by atoms with Gasteiger partial charge in [-0.15, -0.1) is 0 Å². The molecular weight excluding hydrogens is 422 g/mol. The number of amides is 1. The fraction of sp³-hybridized carbons (Fsp3) is 0.462. The van der Waals surface area contributed by atoms with Crippen LogP contribution >= 0.6 is 0 Å². The van der Waals surface area contributed by atoms with Crippen molar-refractivity contribution in [3.8, 4) is 28.4 Å². The second-order valence-electron chi connectivity index (χ2n) is 8.68. The molecule has 1 heterocycles. The van der Waals surface area contributed by atoms with Crippen molar-refractivity contribution in [3.05, 3.63) is 41.5 Å². The Bertz CT molecular complexity index is 1030. The van der Waals surface area contributed by atoms with Gasteiger partial charge in [0.25, 0.3) is 5.91 Å². The molecule has 0 aromatic heterocycles. The van der Waals surface area contributed by atoms with Gasteiger partial charge in [0, 0.05) is 17.7 Å². The lowest BCUT2D eigenvalue weighted by Gasteiger charge is -2.28. The molecule has 0 spiro atoms. The van der Waals surface area contributed by atoms with E-state index in [0.717, 1.165) is 29.5 Å². The molecule has 33 heavy (non-hydrogen) atoms. The summed E-state index contributed by atoms with van der Waals surface area (Å²) in [6, 6.07) is 9.30. The molecule has 0 aliphatic carbocycles. The average molecular weight is 456 g/mol. The van der Waals surface area contributed by atoms with E-state index in [4.69, 9.17) is 18.9 Å². The van der Waals surface area contributed by atoms with Crippen LogP contribution in [0.1, 0.15) is 56.5 Å². The lowest BCUT2D eigenvalue weighted by molar-refractivity contribution is -0.164. The Morgan fingerprint density at radius 2 is 1.70 bits per heavy atom. The van der Waals surface area contributed by atoms with Gasteiger partial charge in [-0.2, -0.15) is 0 Å². The van der Waals surface area contributed by atoms with Gasteiger partial charge >= 0.3 is 5.97 Å². The minimum absolute atomic E-state index is 0.0933. The third-order valence-corrected chi connectivity index (χ3v) is 5.90. The van der Waals surface area contributed by atoms with Crippen LogP contribution in [0.15, 0.2) is 30.3 Å². The lowest BCUT2D eigenvalue weighted by Crippen LogP contribution is -2.37. The Labute approximate surface area is 195 Å². The molecule has 0 unspecified atom stereocenters. The summed E-state index contributed by atoms with van der Waals surface area (Å²) in [6.45, 7) is 8.15. The summed E-state index contributed by atoms with van der Waals surface area (Å²) >= 11 is 0. The smallest absolute Gasteiger partial charge is 0.309 e. The third kappa shape index (κ3) is 5.07. The summed E-state index contributed by atoms with van der Waals surface area (Å²) < 4.78 is 23.2. The van der Waals surface area contributed by atoms with Gasteiger partial charge < -0.3 is 24.3 Å². The SMILES string of the molecule is CCC(CC)C(=O)OC(C)(C)COc1c(-c2cccc3c2CNC3=O)ccc(OC)c1OC. The van der Waals surface area contributed by atoms with Crippen LogP contribution in [0, 0.1) is 5.92 Å². The number of carbonyl (C=O) groups excluding carboxylic acids is 2. The summed E-state index contributed by atoms with van der Waals surface area (Å²) in [6.07, 6.45) is 1.46. The van der Waals surface area contributed by atoms with Crippen LogP contribution in [0.2, 0.25) is 0 Å². The molecule has 7 nitrogen and oxygen atoms in total. The van der Waals surface area contributed by atoms with Crippen molar-refractivity contribution in [2.75, 3.05) is 20.8 Å². The van der Waals surface area contributed by atoms with E-state index >= 15 is 0 Å². The van der Waals surface area contributed by atoms with Gasteiger partial charge in [0.1, 0.15) is 12.2 Å². The Balaban J connectivity index is 1.98. The quantitative estimate of drug-likeness (QED) is 0.521. The molecule has 7 heteroatoms. The van der Waals surface area contributed by atoms with Gasteiger partial charge in [-0.3, -0.25) is 9.59 Å². The summed E-state index contributed by atoms with van der Waals surface area (Å²) in [7, 11) is 3.11. The first-order chi connectivity index (χ1) is 15.8. The topological polar surface area (TPSA) is 83.1 Å². The van der Waals surface area contributed by atoms with E-state index < -0.39 is 5.60 Å². The molecule has 0 atom stereocenters. The molecule has 1 aliphatic rings. The van der Waals surface area contributed by atoms with Crippen molar-refractivity contribution in [2.45, 2.75) is 52.7 Å². The van der Waals surface area contributed by atoms with E-state index in [9.17, 15) is 9.59 Å². The van der Waals surface area contributed by atoms with E-state index in [1.807, 2.05) is 58.0 Å². The minimum atomic E-state index is -0.860. The number of hydrogen-bond donors (Lipinski definition) is 1. The van der Waals surface area contributed by atoms with E-state index in [2.05, 4.69) is 5.32 Å². The van der Waals surface area contributed by atoms with Gasteiger partial charge in [0.05, 0.1) is 20.1 Å². The van der Waals surface area contributed by atoms with Crippen LogP contribution in [-0.4, -0.2) is 38.3 Å². The zero-order chi connectivity index (χ0) is 24.2. The van der Waals surface area contributed by atoms with Crippen LogP contribution < -0.4 is 19.5 Å². The maximum Gasteiger partial charge on any atom is 0.309 e. The summed E-state index contributed by atoms with van der Waals surface area (Å²) in [5, 5.41) is 2.87. The molecule has 1 aliphatic heterocycles. The standard InChI is InChI=1S/C26H33NO6/c1-7-16(8-2)25(29)33-26(3,4)15-32-22-18(12-13-21(30-5)23(22)31-6)17-10-9-11-19-20(17)14-27-24(19)28/h9-13,16H,7-8,14-15H2,1-6H3,(H,27,28). The highest BCUT2D eigenvalue weighted by atomic mass is 16.6. The highest BCUT2D eigenvalue weighted by molar-refractivity contribution is 6.01. The maximum atomic E-state index is 12.5. The first kappa shape index (κ1) is 24.4. The van der Waals surface area contributed by atoms with Gasteiger partial charge in [0.2, 0.25) is 5.75 Å². The highest BCUT2D eigenvalue weighted by Gasteiger charge is 2.30. The molecule has 2 aromatic carbocycles. The van der Waals surface area contributed by atoms with Gasteiger partial charge in [0.15, 0.2) is 11.5 Å². The predicted octanol–water partition coefficient (Wildman–Crippen LogP) is 4.75. The van der Waals surface area contributed by atoms with Crippen LogP contribution in [0.25, 0.3) is 11.1 Å². The number of methoxy groups -OCH3 is 2. The fourth-order valence-electron chi connectivity index (χ4n) is 4.01. The van der Waals surface area contributed by atoms with Crippen LogP contribution in [0.4, 0.5) is 0 Å².